The summed E-state index contributed by atoms with van der Waals surface area (Å²) in [5.41, 5.74) is 3.59. The van der Waals surface area contributed by atoms with Crippen molar-refractivity contribution in [2.75, 3.05) is 6.54 Å². The first kappa shape index (κ1) is 13.0. The molecule has 3 rings (SSSR count). The van der Waals surface area contributed by atoms with Crippen LogP contribution in [0.1, 0.15) is 27.0 Å². The van der Waals surface area contributed by atoms with Gasteiger partial charge in [-0.2, -0.15) is 0 Å². The van der Waals surface area contributed by atoms with Crippen molar-refractivity contribution in [1.29, 1.82) is 0 Å². The van der Waals surface area contributed by atoms with Gasteiger partial charge < -0.3 is 5.32 Å². The predicted molar refractivity (Wildman–Crippen MR) is 76.3 cm³/mol. The Hall–Kier alpha value is -2.00. The second-order valence-corrected chi connectivity index (χ2v) is 5.10. The fourth-order valence-electron chi connectivity index (χ4n) is 2.57. The zero-order valence-corrected chi connectivity index (χ0v) is 11.2. The highest BCUT2D eigenvalue weighted by molar-refractivity contribution is 5.97. The summed E-state index contributed by atoms with van der Waals surface area (Å²) in [6.07, 6.45) is 1.11. The van der Waals surface area contributed by atoms with Gasteiger partial charge in [0.2, 0.25) is 0 Å². The van der Waals surface area contributed by atoms with Gasteiger partial charge in [0.15, 0.2) is 5.78 Å². The Morgan fingerprint density at radius 2 is 2.00 bits per heavy atom. The maximum absolute atomic E-state index is 13.6. The standard InChI is InChI=1S/C17H16FNO/c18-16-4-2-1-3-13(16)10-17(20)14-6-5-12-7-8-19-11-15(12)9-14/h1-6,9,19H,7-8,10-11H2. The van der Waals surface area contributed by atoms with E-state index in [0.29, 0.717) is 11.1 Å². The molecule has 2 nitrogen and oxygen atoms in total. The monoisotopic (exact) mass is 269 g/mol. The third kappa shape index (κ3) is 2.63. The van der Waals surface area contributed by atoms with Crippen LogP contribution in [0.2, 0.25) is 0 Å². The fourth-order valence-corrected chi connectivity index (χ4v) is 2.57. The average Bonchev–Trinajstić information content (AvgIpc) is 2.49. The number of fused-ring (bicyclic) bond motifs is 1. The maximum atomic E-state index is 13.6. The molecule has 20 heavy (non-hydrogen) atoms. The molecule has 0 saturated heterocycles. The molecule has 2 aromatic rings. The minimum Gasteiger partial charge on any atom is -0.312 e. The van der Waals surface area contributed by atoms with Crippen molar-refractivity contribution in [2.45, 2.75) is 19.4 Å². The van der Waals surface area contributed by atoms with Crippen molar-refractivity contribution in [3.63, 3.8) is 0 Å². The number of nitrogens with one attached hydrogen (secondary N) is 1. The van der Waals surface area contributed by atoms with E-state index in [1.54, 1.807) is 18.2 Å². The fraction of sp³-hybridized carbons (Fsp3) is 0.235. The first-order valence-corrected chi connectivity index (χ1v) is 6.83. The molecule has 1 heterocycles. The van der Waals surface area contributed by atoms with Crippen LogP contribution < -0.4 is 5.32 Å². The van der Waals surface area contributed by atoms with Gasteiger partial charge in [0, 0.05) is 18.5 Å². The normalized spacial score (nSPS) is 13.8. The van der Waals surface area contributed by atoms with Crippen molar-refractivity contribution < 1.29 is 9.18 Å². The molecule has 0 fully saturated rings. The third-order valence-electron chi connectivity index (χ3n) is 3.72. The molecule has 0 bridgehead atoms. The minimum absolute atomic E-state index is 0.0385. The number of rotatable bonds is 3. The molecule has 0 atom stereocenters. The quantitative estimate of drug-likeness (QED) is 0.868. The van der Waals surface area contributed by atoms with Gasteiger partial charge in [-0.1, -0.05) is 30.3 Å². The summed E-state index contributed by atoms with van der Waals surface area (Å²) in [7, 11) is 0. The number of carbonyl (C=O) groups excluding carboxylic acids is 1. The topological polar surface area (TPSA) is 29.1 Å². The molecule has 0 radical (unpaired) electrons. The summed E-state index contributed by atoms with van der Waals surface area (Å²) in [6.45, 7) is 1.78. The summed E-state index contributed by atoms with van der Waals surface area (Å²) in [6, 6.07) is 12.2. The van der Waals surface area contributed by atoms with Gasteiger partial charge in [-0.25, -0.2) is 4.39 Å². The van der Waals surface area contributed by atoms with Crippen LogP contribution in [0, 0.1) is 5.82 Å². The molecule has 0 spiro atoms. The first-order valence-electron chi connectivity index (χ1n) is 6.83. The molecule has 3 heteroatoms. The van der Waals surface area contributed by atoms with E-state index in [4.69, 9.17) is 0 Å². The van der Waals surface area contributed by atoms with Gasteiger partial charge >= 0.3 is 0 Å². The van der Waals surface area contributed by atoms with Crippen LogP contribution in [-0.4, -0.2) is 12.3 Å². The summed E-state index contributed by atoms with van der Waals surface area (Å²) in [5, 5.41) is 3.29. The lowest BCUT2D eigenvalue weighted by atomic mass is 9.95. The summed E-state index contributed by atoms with van der Waals surface area (Å²) in [4.78, 5) is 12.3. The number of hydrogen-bond donors (Lipinski definition) is 1. The van der Waals surface area contributed by atoms with E-state index in [2.05, 4.69) is 5.32 Å². The lowest BCUT2D eigenvalue weighted by Crippen LogP contribution is -2.24. The van der Waals surface area contributed by atoms with Crippen LogP contribution in [0.15, 0.2) is 42.5 Å². The highest BCUT2D eigenvalue weighted by atomic mass is 19.1. The summed E-state index contributed by atoms with van der Waals surface area (Å²) in [5.74, 6) is -0.357. The Balaban J connectivity index is 1.82. The number of halogens is 1. The minimum atomic E-state index is -0.319. The van der Waals surface area contributed by atoms with E-state index < -0.39 is 0 Å². The number of Topliss-reactive ketones (excluding diaryl/α,β-unsaturated/α-hetero) is 1. The molecule has 1 aliphatic rings. The SMILES string of the molecule is O=C(Cc1ccccc1F)c1ccc2c(c1)CNCC2. The lowest BCUT2D eigenvalue weighted by Gasteiger charge is -2.17. The highest BCUT2D eigenvalue weighted by Crippen LogP contribution is 2.18. The molecule has 0 amide bonds. The van der Waals surface area contributed by atoms with Gasteiger partial charge in [-0.15, -0.1) is 0 Å². The highest BCUT2D eigenvalue weighted by Gasteiger charge is 2.14. The molecular formula is C17H16FNO. The smallest absolute Gasteiger partial charge is 0.167 e. The molecule has 0 aliphatic carbocycles. The second kappa shape index (κ2) is 5.55. The average molecular weight is 269 g/mol. The van der Waals surface area contributed by atoms with E-state index in [9.17, 15) is 9.18 Å². The Morgan fingerprint density at radius 1 is 1.15 bits per heavy atom. The van der Waals surface area contributed by atoms with Crippen molar-refractivity contribution in [1.82, 2.24) is 5.32 Å². The van der Waals surface area contributed by atoms with Crippen LogP contribution in [0.5, 0.6) is 0 Å². The number of ketones is 1. The lowest BCUT2D eigenvalue weighted by molar-refractivity contribution is 0.0991. The Bertz CT molecular complexity index is 651. The molecule has 0 saturated carbocycles. The van der Waals surface area contributed by atoms with Crippen LogP contribution in [-0.2, 0) is 19.4 Å². The van der Waals surface area contributed by atoms with Crippen molar-refractivity contribution >= 4 is 5.78 Å². The summed E-state index contributed by atoms with van der Waals surface area (Å²) >= 11 is 0. The number of benzene rings is 2. The zero-order valence-electron chi connectivity index (χ0n) is 11.2. The van der Waals surface area contributed by atoms with Crippen LogP contribution in [0.25, 0.3) is 0 Å². The number of carbonyl (C=O) groups is 1. The van der Waals surface area contributed by atoms with E-state index in [-0.39, 0.29) is 18.0 Å². The molecule has 0 aromatic heterocycles. The second-order valence-electron chi connectivity index (χ2n) is 5.10. The van der Waals surface area contributed by atoms with Crippen molar-refractivity contribution in [3.05, 3.63) is 70.5 Å². The third-order valence-corrected chi connectivity index (χ3v) is 3.72. The van der Waals surface area contributed by atoms with E-state index >= 15 is 0 Å². The van der Waals surface area contributed by atoms with Gasteiger partial charge in [0.25, 0.3) is 0 Å². The van der Waals surface area contributed by atoms with E-state index in [0.717, 1.165) is 19.5 Å². The summed E-state index contributed by atoms with van der Waals surface area (Å²) < 4.78 is 13.6. The van der Waals surface area contributed by atoms with Gasteiger partial charge in [0.05, 0.1) is 0 Å². The predicted octanol–water partition coefficient (Wildman–Crippen LogP) is 2.90. The molecule has 102 valence electrons. The molecule has 1 N–H and O–H groups in total. The molecule has 2 aromatic carbocycles. The largest absolute Gasteiger partial charge is 0.312 e. The van der Waals surface area contributed by atoms with E-state index in [1.807, 2.05) is 18.2 Å². The van der Waals surface area contributed by atoms with Gasteiger partial charge in [0.1, 0.15) is 5.82 Å². The Labute approximate surface area is 117 Å². The van der Waals surface area contributed by atoms with E-state index in [1.165, 1.54) is 17.2 Å². The van der Waals surface area contributed by atoms with Crippen LogP contribution >= 0.6 is 0 Å². The Kier molecular flexibility index (Phi) is 3.61. The molecular weight excluding hydrogens is 253 g/mol. The first-order chi connectivity index (χ1) is 9.74. The number of hydrogen-bond acceptors (Lipinski definition) is 2. The van der Waals surface area contributed by atoms with Crippen molar-refractivity contribution in [3.8, 4) is 0 Å². The van der Waals surface area contributed by atoms with Gasteiger partial charge in [-0.05, 0) is 41.8 Å². The van der Waals surface area contributed by atoms with Crippen molar-refractivity contribution in [2.24, 2.45) is 0 Å². The molecule has 0 unspecified atom stereocenters. The van der Waals surface area contributed by atoms with Crippen LogP contribution in [0.3, 0.4) is 0 Å². The van der Waals surface area contributed by atoms with Crippen LogP contribution in [0.4, 0.5) is 4.39 Å². The molecule has 1 aliphatic heterocycles. The Morgan fingerprint density at radius 3 is 2.85 bits per heavy atom. The maximum Gasteiger partial charge on any atom is 0.167 e. The van der Waals surface area contributed by atoms with Gasteiger partial charge in [-0.3, -0.25) is 4.79 Å². The zero-order chi connectivity index (χ0) is 13.9.